The van der Waals surface area contributed by atoms with E-state index in [4.69, 9.17) is 11.1 Å². The van der Waals surface area contributed by atoms with Crippen molar-refractivity contribution < 1.29 is 0 Å². The van der Waals surface area contributed by atoms with Gasteiger partial charge in [-0.2, -0.15) is 0 Å². The van der Waals surface area contributed by atoms with E-state index in [1.54, 1.807) is 0 Å². The highest BCUT2D eigenvalue weighted by Gasteiger charge is 2.23. The number of nitrogens with two attached hydrogens (primary N) is 1. The van der Waals surface area contributed by atoms with Crippen molar-refractivity contribution >= 4 is 28.1 Å². The SMILES string of the molecule is CCC#CC(=N)c1c(N)ncnc1NCc1cc2cccc(C)c2c(=O)n1C1CCCC1. The normalized spacial score (nSPS) is 13.7. The first-order valence-corrected chi connectivity index (χ1v) is 11.1. The number of rotatable bonds is 5. The van der Waals surface area contributed by atoms with Crippen LogP contribution in [-0.2, 0) is 6.54 Å². The molecule has 4 rings (SSSR count). The van der Waals surface area contributed by atoms with Crippen molar-refractivity contribution in [3.05, 3.63) is 57.8 Å². The van der Waals surface area contributed by atoms with Gasteiger partial charge in [-0.1, -0.05) is 43.9 Å². The molecule has 0 bridgehead atoms. The second kappa shape index (κ2) is 9.23. The molecule has 7 nitrogen and oxygen atoms in total. The number of aromatic nitrogens is 3. The van der Waals surface area contributed by atoms with Crippen LogP contribution in [0.3, 0.4) is 0 Å². The molecular weight excluding hydrogens is 400 g/mol. The lowest BCUT2D eigenvalue weighted by molar-refractivity contribution is 0.488. The summed E-state index contributed by atoms with van der Waals surface area (Å²) in [4.78, 5) is 21.9. The van der Waals surface area contributed by atoms with E-state index >= 15 is 0 Å². The molecule has 32 heavy (non-hydrogen) atoms. The lowest BCUT2D eigenvalue weighted by Gasteiger charge is -2.21. The van der Waals surface area contributed by atoms with Crippen LogP contribution >= 0.6 is 0 Å². The second-order valence-corrected chi connectivity index (χ2v) is 8.15. The molecule has 164 valence electrons. The lowest BCUT2D eigenvalue weighted by atomic mass is 10.0. The molecule has 0 atom stereocenters. The van der Waals surface area contributed by atoms with Crippen LogP contribution in [0.2, 0.25) is 0 Å². The van der Waals surface area contributed by atoms with Crippen LogP contribution in [0.5, 0.6) is 0 Å². The van der Waals surface area contributed by atoms with Crippen molar-refractivity contribution in [1.82, 2.24) is 14.5 Å². The summed E-state index contributed by atoms with van der Waals surface area (Å²) in [6, 6.07) is 8.23. The fraction of sp³-hybridized carbons (Fsp3) is 0.360. The van der Waals surface area contributed by atoms with Crippen LogP contribution in [0, 0.1) is 24.2 Å². The van der Waals surface area contributed by atoms with Crippen LogP contribution in [-0.4, -0.2) is 20.2 Å². The first kappa shape index (κ1) is 21.6. The number of hydrogen-bond acceptors (Lipinski definition) is 6. The van der Waals surface area contributed by atoms with Gasteiger partial charge < -0.3 is 15.6 Å². The lowest BCUT2D eigenvalue weighted by Crippen LogP contribution is -2.28. The van der Waals surface area contributed by atoms with Gasteiger partial charge in [-0.15, -0.1) is 0 Å². The summed E-state index contributed by atoms with van der Waals surface area (Å²) in [5, 5.41) is 13.3. The zero-order valence-electron chi connectivity index (χ0n) is 18.5. The summed E-state index contributed by atoms with van der Waals surface area (Å²) in [5.74, 6) is 6.35. The maximum Gasteiger partial charge on any atom is 0.259 e. The molecule has 0 aliphatic heterocycles. The summed E-state index contributed by atoms with van der Waals surface area (Å²) in [6.07, 6.45) is 6.30. The molecule has 4 N–H and O–H groups in total. The minimum Gasteiger partial charge on any atom is -0.383 e. The number of benzene rings is 1. The number of hydrogen-bond donors (Lipinski definition) is 3. The monoisotopic (exact) mass is 428 g/mol. The quantitative estimate of drug-likeness (QED) is 0.417. The highest BCUT2D eigenvalue weighted by Crippen LogP contribution is 2.31. The van der Waals surface area contributed by atoms with Crippen LogP contribution in [0.15, 0.2) is 35.4 Å². The number of pyridine rings is 1. The molecule has 0 radical (unpaired) electrons. The largest absolute Gasteiger partial charge is 0.383 e. The van der Waals surface area contributed by atoms with Crippen molar-refractivity contribution in [1.29, 1.82) is 5.41 Å². The van der Waals surface area contributed by atoms with Gasteiger partial charge in [0.1, 0.15) is 23.7 Å². The smallest absolute Gasteiger partial charge is 0.259 e. The molecular formula is C25H28N6O. The maximum absolute atomic E-state index is 13.6. The Kier molecular flexibility index (Phi) is 6.22. The van der Waals surface area contributed by atoms with Gasteiger partial charge in [0.05, 0.1) is 17.5 Å². The third-order valence-corrected chi connectivity index (χ3v) is 6.01. The molecule has 1 aliphatic rings. The molecule has 2 aromatic heterocycles. The Morgan fingerprint density at radius 2 is 2.09 bits per heavy atom. The fourth-order valence-electron chi connectivity index (χ4n) is 4.50. The Balaban J connectivity index is 1.76. The molecule has 1 saturated carbocycles. The van der Waals surface area contributed by atoms with Crippen molar-refractivity contribution in [2.45, 2.75) is 58.5 Å². The standard InChI is InChI=1S/C25H28N6O/c1-3-4-12-20(26)22-23(27)29-15-30-24(22)28-14-19-13-17-9-7-8-16(2)21(17)25(32)31(19)18-10-5-6-11-18/h7-9,13,15,18,26H,3,5-6,10-11,14H2,1-2H3,(H3,27,28,29,30). The Morgan fingerprint density at radius 1 is 1.31 bits per heavy atom. The van der Waals surface area contributed by atoms with Crippen molar-refractivity contribution in [2.24, 2.45) is 0 Å². The molecule has 2 heterocycles. The van der Waals surface area contributed by atoms with Gasteiger partial charge >= 0.3 is 0 Å². The molecule has 0 saturated heterocycles. The van der Waals surface area contributed by atoms with E-state index in [0.717, 1.165) is 47.7 Å². The predicted molar refractivity (Wildman–Crippen MR) is 129 cm³/mol. The number of nitrogens with one attached hydrogen (secondary N) is 2. The summed E-state index contributed by atoms with van der Waals surface area (Å²) in [5.41, 5.74) is 8.47. The van der Waals surface area contributed by atoms with Crippen molar-refractivity contribution in [3.63, 3.8) is 0 Å². The summed E-state index contributed by atoms with van der Waals surface area (Å²) in [7, 11) is 0. The minimum atomic E-state index is 0.0632. The Bertz CT molecular complexity index is 1290. The van der Waals surface area contributed by atoms with Gasteiger partial charge in [-0.25, -0.2) is 9.97 Å². The second-order valence-electron chi connectivity index (χ2n) is 8.15. The molecule has 0 amide bonds. The fourth-order valence-corrected chi connectivity index (χ4v) is 4.50. The predicted octanol–water partition coefficient (Wildman–Crippen LogP) is 4.19. The van der Waals surface area contributed by atoms with Crippen LogP contribution in [0.1, 0.15) is 61.9 Å². The van der Waals surface area contributed by atoms with Crippen LogP contribution in [0.25, 0.3) is 10.8 Å². The number of nitrogen functional groups attached to an aromatic ring is 1. The molecule has 1 aromatic carbocycles. The maximum atomic E-state index is 13.6. The molecule has 3 aromatic rings. The summed E-state index contributed by atoms with van der Waals surface area (Å²) < 4.78 is 1.96. The van der Waals surface area contributed by atoms with E-state index in [0.29, 0.717) is 24.3 Å². The number of fused-ring (bicyclic) bond motifs is 1. The van der Waals surface area contributed by atoms with E-state index in [-0.39, 0.29) is 23.1 Å². The zero-order chi connectivity index (χ0) is 22.7. The zero-order valence-corrected chi connectivity index (χ0v) is 18.5. The Labute approximate surface area is 187 Å². The van der Waals surface area contributed by atoms with Crippen molar-refractivity contribution in [3.8, 4) is 11.8 Å². The highest BCUT2D eigenvalue weighted by atomic mass is 16.1. The third-order valence-electron chi connectivity index (χ3n) is 6.01. The van der Waals surface area contributed by atoms with Gasteiger partial charge in [0.2, 0.25) is 0 Å². The van der Waals surface area contributed by atoms with Crippen LogP contribution < -0.4 is 16.6 Å². The van der Waals surface area contributed by atoms with E-state index in [1.807, 2.05) is 36.6 Å². The molecule has 1 fully saturated rings. The van der Waals surface area contributed by atoms with Gasteiger partial charge in [0.15, 0.2) is 0 Å². The minimum absolute atomic E-state index is 0.0632. The van der Waals surface area contributed by atoms with Gasteiger partial charge in [-0.3, -0.25) is 10.2 Å². The van der Waals surface area contributed by atoms with E-state index in [1.165, 1.54) is 6.33 Å². The summed E-state index contributed by atoms with van der Waals surface area (Å²) >= 11 is 0. The average molecular weight is 429 g/mol. The molecule has 0 unspecified atom stereocenters. The van der Waals surface area contributed by atoms with Crippen LogP contribution in [0.4, 0.5) is 11.6 Å². The molecule has 1 aliphatic carbocycles. The van der Waals surface area contributed by atoms with Gasteiger partial charge in [0, 0.05) is 18.2 Å². The molecule has 7 heteroatoms. The van der Waals surface area contributed by atoms with Crippen molar-refractivity contribution in [2.75, 3.05) is 11.1 Å². The first-order chi connectivity index (χ1) is 15.5. The third kappa shape index (κ3) is 4.09. The number of nitrogens with zero attached hydrogens (tertiary/aromatic N) is 3. The highest BCUT2D eigenvalue weighted by molar-refractivity contribution is 6.16. The molecule has 0 spiro atoms. The Morgan fingerprint density at radius 3 is 2.84 bits per heavy atom. The van der Waals surface area contributed by atoms with Gasteiger partial charge in [-0.05, 0) is 42.7 Å². The first-order valence-electron chi connectivity index (χ1n) is 11.1. The van der Waals surface area contributed by atoms with Gasteiger partial charge in [0.25, 0.3) is 5.56 Å². The van der Waals surface area contributed by atoms with E-state index in [2.05, 4.69) is 33.2 Å². The topological polar surface area (TPSA) is 110 Å². The summed E-state index contributed by atoms with van der Waals surface area (Å²) in [6.45, 7) is 4.29. The van der Waals surface area contributed by atoms with E-state index < -0.39 is 0 Å². The average Bonchev–Trinajstić information content (AvgIpc) is 3.30. The number of anilines is 2. The van der Waals surface area contributed by atoms with E-state index in [9.17, 15) is 4.79 Å². The number of aryl methyl sites for hydroxylation is 1. The Hall–Kier alpha value is -3.66.